The van der Waals surface area contributed by atoms with Crippen LogP contribution >= 0.6 is 11.3 Å². The summed E-state index contributed by atoms with van der Waals surface area (Å²) in [6.45, 7) is 1.02. The molecule has 0 aliphatic rings. The molecule has 1 amide bonds. The highest BCUT2D eigenvalue weighted by Gasteiger charge is 2.09. The number of thiophene rings is 1. The van der Waals surface area contributed by atoms with Crippen LogP contribution in [0.1, 0.15) is 24.1 Å². The number of likely N-dealkylation sites (N-methyl/N-ethyl adjacent to an activating group) is 1. The maximum Gasteiger partial charge on any atom is 0.227 e. The van der Waals surface area contributed by atoms with E-state index in [9.17, 15) is 4.79 Å². The first kappa shape index (κ1) is 13.2. The lowest BCUT2D eigenvalue weighted by molar-refractivity contribution is -0.129. The number of aliphatic hydroxyl groups excluding tert-OH is 1. The third kappa shape index (κ3) is 4.77. The molecule has 0 aliphatic heterocycles. The van der Waals surface area contributed by atoms with E-state index in [2.05, 4.69) is 0 Å². The minimum atomic E-state index is 0.173. The van der Waals surface area contributed by atoms with Gasteiger partial charge in [-0.2, -0.15) is 0 Å². The second-order valence-corrected chi connectivity index (χ2v) is 4.89. The fraction of sp³-hybridized carbons (Fsp3) is 0.583. The number of amides is 1. The lowest BCUT2D eigenvalue weighted by atomic mass is 10.2. The Morgan fingerprint density at radius 2 is 2.25 bits per heavy atom. The minimum absolute atomic E-state index is 0.173. The Morgan fingerprint density at radius 3 is 2.88 bits per heavy atom. The van der Waals surface area contributed by atoms with Gasteiger partial charge in [0.05, 0.1) is 6.42 Å². The summed E-state index contributed by atoms with van der Waals surface area (Å²) in [7, 11) is 1.84. The largest absolute Gasteiger partial charge is 0.396 e. The predicted molar refractivity (Wildman–Crippen MR) is 66.6 cm³/mol. The smallest absolute Gasteiger partial charge is 0.227 e. The number of rotatable bonds is 7. The third-order valence-corrected chi connectivity index (χ3v) is 3.36. The molecule has 0 bridgehead atoms. The summed E-state index contributed by atoms with van der Waals surface area (Å²) in [6, 6.07) is 3.96. The van der Waals surface area contributed by atoms with Crippen LogP contribution in [0.5, 0.6) is 0 Å². The molecule has 0 saturated carbocycles. The number of carbonyl (C=O) groups excluding carboxylic acids is 1. The summed E-state index contributed by atoms with van der Waals surface area (Å²) in [5.41, 5.74) is 0. The Hall–Kier alpha value is -0.870. The van der Waals surface area contributed by atoms with Crippen LogP contribution in [0.2, 0.25) is 0 Å². The number of hydrogen-bond acceptors (Lipinski definition) is 3. The van der Waals surface area contributed by atoms with Crippen molar-refractivity contribution >= 4 is 17.2 Å². The van der Waals surface area contributed by atoms with E-state index in [-0.39, 0.29) is 12.5 Å². The maximum absolute atomic E-state index is 11.8. The molecule has 0 radical (unpaired) electrons. The van der Waals surface area contributed by atoms with Crippen LogP contribution in [0.15, 0.2) is 17.5 Å². The number of hydrogen-bond donors (Lipinski definition) is 1. The molecule has 3 nitrogen and oxygen atoms in total. The number of carbonyl (C=O) groups is 1. The topological polar surface area (TPSA) is 40.5 Å². The zero-order chi connectivity index (χ0) is 11.8. The number of aliphatic hydroxyl groups is 1. The molecule has 0 saturated heterocycles. The predicted octanol–water partition coefficient (Wildman–Crippen LogP) is 1.91. The maximum atomic E-state index is 11.8. The van der Waals surface area contributed by atoms with Crippen molar-refractivity contribution in [3.8, 4) is 0 Å². The van der Waals surface area contributed by atoms with Crippen LogP contribution < -0.4 is 0 Å². The van der Waals surface area contributed by atoms with Crippen molar-refractivity contribution in [3.05, 3.63) is 22.4 Å². The standard InChI is InChI=1S/C12H19NO2S/c1-13(7-3-2-4-8-14)12(15)10-11-6-5-9-16-11/h5-6,9,14H,2-4,7-8,10H2,1H3. The number of nitrogens with zero attached hydrogens (tertiary/aromatic N) is 1. The average Bonchev–Trinajstić information content (AvgIpc) is 2.76. The molecule has 1 rings (SSSR count). The highest BCUT2D eigenvalue weighted by Crippen LogP contribution is 2.10. The monoisotopic (exact) mass is 241 g/mol. The van der Waals surface area contributed by atoms with E-state index in [0.29, 0.717) is 6.42 Å². The van der Waals surface area contributed by atoms with Crippen LogP contribution in [0.3, 0.4) is 0 Å². The quantitative estimate of drug-likeness (QED) is 0.741. The van der Waals surface area contributed by atoms with E-state index in [1.165, 1.54) is 0 Å². The van der Waals surface area contributed by atoms with Gasteiger partial charge in [-0.3, -0.25) is 4.79 Å². The molecule has 1 heterocycles. The molecule has 1 aromatic rings. The molecular formula is C12H19NO2S. The van der Waals surface area contributed by atoms with Gasteiger partial charge in [-0.05, 0) is 30.7 Å². The first-order valence-electron chi connectivity index (χ1n) is 5.61. The van der Waals surface area contributed by atoms with Gasteiger partial charge in [-0.25, -0.2) is 0 Å². The molecule has 0 spiro atoms. The summed E-state index contributed by atoms with van der Waals surface area (Å²) in [5, 5.41) is 10.6. The molecule has 4 heteroatoms. The van der Waals surface area contributed by atoms with E-state index >= 15 is 0 Å². The van der Waals surface area contributed by atoms with Gasteiger partial charge >= 0.3 is 0 Å². The first-order chi connectivity index (χ1) is 7.74. The second-order valence-electron chi connectivity index (χ2n) is 3.86. The lowest BCUT2D eigenvalue weighted by Gasteiger charge is -2.16. The van der Waals surface area contributed by atoms with Gasteiger partial charge in [-0.15, -0.1) is 11.3 Å². The normalized spacial score (nSPS) is 10.4. The van der Waals surface area contributed by atoms with Crippen LogP contribution in [0.4, 0.5) is 0 Å². The molecule has 0 fully saturated rings. The van der Waals surface area contributed by atoms with Crippen molar-refractivity contribution in [1.29, 1.82) is 0 Å². The van der Waals surface area contributed by atoms with E-state index in [1.807, 2.05) is 24.6 Å². The Bertz CT molecular complexity index is 298. The zero-order valence-corrected chi connectivity index (χ0v) is 10.5. The van der Waals surface area contributed by atoms with Crippen molar-refractivity contribution in [2.24, 2.45) is 0 Å². The third-order valence-electron chi connectivity index (χ3n) is 2.48. The Morgan fingerprint density at radius 1 is 1.44 bits per heavy atom. The molecule has 0 aromatic carbocycles. The fourth-order valence-corrected chi connectivity index (χ4v) is 2.16. The zero-order valence-electron chi connectivity index (χ0n) is 9.69. The van der Waals surface area contributed by atoms with Gasteiger partial charge in [0.2, 0.25) is 5.91 Å². The molecule has 1 aromatic heterocycles. The van der Waals surface area contributed by atoms with Crippen LogP contribution in [-0.2, 0) is 11.2 Å². The summed E-state index contributed by atoms with van der Waals surface area (Å²) in [6.07, 6.45) is 3.28. The number of unbranched alkanes of at least 4 members (excludes halogenated alkanes) is 2. The highest BCUT2D eigenvalue weighted by molar-refractivity contribution is 7.10. The van der Waals surface area contributed by atoms with Gasteiger partial charge in [0.15, 0.2) is 0 Å². The average molecular weight is 241 g/mol. The summed E-state index contributed by atoms with van der Waals surface area (Å²) in [5.74, 6) is 0.173. The van der Waals surface area contributed by atoms with E-state index in [4.69, 9.17) is 5.11 Å². The van der Waals surface area contributed by atoms with E-state index in [1.54, 1.807) is 16.2 Å². The van der Waals surface area contributed by atoms with E-state index in [0.717, 1.165) is 30.7 Å². The molecule has 16 heavy (non-hydrogen) atoms. The summed E-state index contributed by atoms with van der Waals surface area (Å²) in [4.78, 5) is 14.7. The van der Waals surface area contributed by atoms with Crippen LogP contribution in [-0.4, -0.2) is 36.1 Å². The molecule has 90 valence electrons. The van der Waals surface area contributed by atoms with Gasteiger partial charge in [0.1, 0.15) is 0 Å². The SMILES string of the molecule is CN(CCCCCO)C(=O)Cc1cccs1. The summed E-state index contributed by atoms with van der Waals surface area (Å²) < 4.78 is 0. The fourth-order valence-electron chi connectivity index (χ4n) is 1.46. The molecule has 0 atom stereocenters. The van der Waals surface area contributed by atoms with Crippen molar-refractivity contribution in [3.63, 3.8) is 0 Å². The van der Waals surface area contributed by atoms with Crippen molar-refractivity contribution in [1.82, 2.24) is 4.90 Å². The molecule has 0 aliphatic carbocycles. The van der Waals surface area contributed by atoms with Crippen molar-refractivity contribution < 1.29 is 9.90 Å². The lowest BCUT2D eigenvalue weighted by Crippen LogP contribution is -2.28. The Labute approximate surface area is 101 Å². The van der Waals surface area contributed by atoms with Gasteiger partial charge in [-0.1, -0.05) is 6.07 Å². The van der Waals surface area contributed by atoms with Gasteiger partial charge in [0.25, 0.3) is 0 Å². The van der Waals surface area contributed by atoms with Crippen molar-refractivity contribution in [2.45, 2.75) is 25.7 Å². The summed E-state index contributed by atoms with van der Waals surface area (Å²) >= 11 is 1.62. The van der Waals surface area contributed by atoms with Crippen LogP contribution in [0.25, 0.3) is 0 Å². The van der Waals surface area contributed by atoms with Gasteiger partial charge in [0, 0.05) is 25.1 Å². The molecule has 1 N–H and O–H groups in total. The van der Waals surface area contributed by atoms with E-state index < -0.39 is 0 Å². The second kappa shape index (κ2) is 7.41. The Kier molecular flexibility index (Phi) is 6.11. The van der Waals surface area contributed by atoms with Crippen molar-refractivity contribution in [2.75, 3.05) is 20.2 Å². The first-order valence-corrected chi connectivity index (χ1v) is 6.49. The van der Waals surface area contributed by atoms with Gasteiger partial charge < -0.3 is 10.0 Å². The van der Waals surface area contributed by atoms with Crippen LogP contribution in [0, 0.1) is 0 Å². The minimum Gasteiger partial charge on any atom is -0.396 e. The molecule has 0 unspecified atom stereocenters. The molecular weight excluding hydrogens is 222 g/mol. The Balaban J connectivity index is 2.20. The highest BCUT2D eigenvalue weighted by atomic mass is 32.1.